The maximum atomic E-state index is 10.8. The molecule has 2 N–H and O–H groups in total. The summed E-state index contributed by atoms with van der Waals surface area (Å²) in [5.41, 5.74) is 6.25. The van der Waals surface area contributed by atoms with E-state index in [1.807, 2.05) is 18.2 Å². The molecule has 0 bridgehead atoms. The van der Waals surface area contributed by atoms with Crippen LogP contribution in [0.25, 0.3) is 0 Å². The van der Waals surface area contributed by atoms with Crippen molar-refractivity contribution in [2.75, 3.05) is 12.5 Å². The van der Waals surface area contributed by atoms with Crippen molar-refractivity contribution in [3.63, 3.8) is 0 Å². The van der Waals surface area contributed by atoms with Gasteiger partial charge in [0.1, 0.15) is 0 Å². The van der Waals surface area contributed by atoms with Crippen LogP contribution in [0.5, 0.6) is 11.5 Å². The van der Waals surface area contributed by atoms with E-state index in [0.717, 1.165) is 17.1 Å². The Morgan fingerprint density at radius 1 is 1.41 bits per heavy atom. The number of benzene rings is 1. The number of amides is 1. The van der Waals surface area contributed by atoms with Crippen LogP contribution in [0.15, 0.2) is 18.2 Å². The fourth-order valence-electron chi connectivity index (χ4n) is 1.61. The zero-order valence-electron chi connectivity index (χ0n) is 9.86. The second-order valence-electron chi connectivity index (χ2n) is 4.33. The van der Waals surface area contributed by atoms with E-state index in [2.05, 4.69) is 13.8 Å². The van der Waals surface area contributed by atoms with Gasteiger partial charge in [0.15, 0.2) is 11.5 Å². The number of carbonyl (C=O) groups excluding carboxylic acids is 1. The third-order valence-corrected chi connectivity index (χ3v) is 4.03. The van der Waals surface area contributed by atoms with Crippen molar-refractivity contribution >= 4 is 17.7 Å². The van der Waals surface area contributed by atoms with Crippen LogP contribution in [0.3, 0.4) is 0 Å². The van der Waals surface area contributed by atoms with Gasteiger partial charge in [0.25, 0.3) is 0 Å². The van der Waals surface area contributed by atoms with Crippen LogP contribution in [-0.4, -0.2) is 18.5 Å². The van der Waals surface area contributed by atoms with E-state index < -0.39 is 0 Å². The summed E-state index contributed by atoms with van der Waals surface area (Å²) in [6.07, 6.45) is 0. The number of ether oxygens (including phenoxy) is 2. The largest absolute Gasteiger partial charge is 0.454 e. The number of hydrogen-bond donors (Lipinski definition) is 1. The number of carbonyl (C=O) groups is 1. The molecule has 17 heavy (non-hydrogen) atoms. The first-order valence-corrected chi connectivity index (χ1v) is 6.30. The van der Waals surface area contributed by atoms with Gasteiger partial charge in [-0.25, -0.2) is 0 Å². The summed E-state index contributed by atoms with van der Waals surface area (Å²) in [6, 6.07) is 5.84. The van der Waals surface area contributed by atoms with Crippen molar-refractivity contribution in [3.8, 4) is 11.5 Å². The summed E-state index contributed by atoms with van der Waals surface area (Å²) in [5, 5.41) is 0. The van der Waals surface area contributed by atoms with Gasteiger partial charge in [-0.2, -0.15) is 0 Å². The molecule has 1 aliphatic rings. The first-order valence-electron chi connectivity index (χ1n) is 5.31. The molecule has 1 aromatic carbocycles. The third-order valence-electron chi connectivity index (χ3n) is 2.64. The lowest BCUT2D eigenvalue weighted by molar-refractivity contribution is -0.115. The Labute approximate surface area is 104 Å². The Hall–Kier alpha value is -1.36. The summed E-state index contributed by atoms with van der Waals surface area (Å²) in [4.78, 5) is 10.8. The molecule has 0 aliphatic carbocycles. The van der Waals surface area contributed by atoms with E-state index in [-0.39, 0.29) is 17.4 Å². The van der Waals surface area contributed by atoms with E-state index in [1.165, 1.54) is 11.8 Å². The molecule has 0 unspecified atom stereocenters. The molecular weight excluding hydrogens is 238 g/mol. The molecular formula is C12H15NO3S. The fraction of sp³-hybridized carbons (Fsp3) is 0.417. The summed E-state index contributed by atoms with van der Waals surface area (Å²) in [7, 11) is 0. The number of rotatable bonds is 4. The van der Waals surface area contributed by atoms with E-state index in [9.17, 15) is 4.79 Å². The van der Waals surface area contributed by atoms with Crippen molar-refractivity contribution in [2.45, 2.75) is 18.6 Å². The molecule has 0 aromatic heterocycles. The average molecular weight is 253 g/mol. The average Bonchev–Trinajstić information content (AvgIpc) is 2.73. The van der Waals surface area contributed by atoms with Crippen LogP contribution in [0.4, 0.5) is 0 Å². The van der Waals surface area contributed by atoms with Crippen LogP contribution in [0.1, 0.15) is 19.4 Å². The summed E-state index contributed by atoms with van der Waals surface area (Å²) in [5.74, 6) is 1.53. The van der Waals surface area contributed by atoms with Crippen molar-refractivity contribution < 1.29 is 14.3 Å². The minimum Gasteiger partial charge on any atom is -0.454 e. The Bertz CT molecular complexity index is 445. The fourth-order valence-corrected chi connectivity index (χ4v) is 2.40. The van der Waals surface area contributed by atoms with Crippen molar-refractivity contribution in [3.05, 3.63) is 23.8 Å². The van der Waals surface area contributed by atoms with Crippen molar-refractivity contribution in [1.82, 2.24) is 0 Å². The quantitative estimate of drug-likeness (QED) is 0.889. The number of primary amides is 1. The van der Waals surface area contributed by atoms with Crippen molar-refractivity contribution in [2.24, 2.45) is 5.73 Å². The van der Waals surface area contributed by atoms with Crippen LogP contribution >= 0.6 is 11.8 Å². The first kappa shape index (κ1) is 12.1. The van der Waals surface area contributed by atoms with Gasteiger partial charge < -0.3 is 15.2 Å². The Morgan fingerprint density at radius 3 is 2.82 bits per heavy atom. The van der Waals surface area contributed by atoms with Crippen molar-refractivity contribution in [1.29, 1.82) is 0 Å². The zero-order valence-corrected chi connectivity index (χ0v) is 10.7. The van der Waals surface area contributed by atoms with Gasteiger partial charge in [0, 0.05) is 4.75 Å². The molecule has 0 fully saturated rings. The summed E-state index contributed by atoms with van der Waals surface area (Å²) in [6.45, 7) is 4.38. The highest BCUT2D eigenvalue weighted by atomic mass is 32.2. The molecule has 1 amide bonds. The molecule has 1 aliphatic heterocycles. The number of fused-ring (bicyclic) bond motifs is 1. The maximum absolute atomic E-state index is 10.8. The molecule has 92 valence electrons. The van der Waals surface area contributed by atoms with Gasteiger partial charge in [0.05, 0.1) is 5.75 Å². The first-order chi connectivity index (χ1) is 7.99. The highest BCUT2D eigenvalue weighted by Crippen LogP contribution is 2.41. The molecule has 0 radical (unpaired) electrons. The van der Waals surface area contributed by atoms with E-state index in [1.54, 1.807) is 0 Å². The van der Waals surface area contributed by atoms with Crippen LogP contribution in [0, 0.1) is 0 Å². The maximum Gasteiger partial charge on any atom is 0.231 e. The Morgan fingerprint density at radius 2 is 2.12 bits per heavy atom. The minimum absolute atomic E-state index is 0.185. The van der Waals surface area contributed by atoms with E-state index >= 15 is 0 Å². The molecule has 5 heteroatoms. The highest BCUT2D eigenvalue weighted by Gasteiger charge is 2.24. The normalized spacial score (nSPS) is 13.8. The summed E-state index contributed by atoms with van der Waals surface area (Å²) >= 11 is 1.51. The second-order valence-corrected chi connectivity index (χ2v) is 5.93. The van der Waals surface area contributed by atoms with Gasteiger partial charge in [-0.1, -0.05) is 6.07 Å². The van der Waals surface area contributed by atoms with Gasteiger partial charge in [0.2, 0.25) is 12.7 Å². The molecule has 0 saturated heterocycles. The molecule has 0 atom stereocenters. The Kier molecular flexibility index (Phi) is 3.19. The van der Waals surface area contributed by atoms with Gasteiger partial charge in [-0.15, -0.1) is 11.8 Å². The monoisotopic (exact) mass is 253 g/mol. The molecule has 4 nitrogen and oxygen atoms in total. The van der Waals surface area contributed by atoms with Crippen LogP contribution in [-0.2, 0) is 9.54 Å². The van der Waals surface area contributed by atoms with Gasteiger partial charge in [-0.3, -0.25) is 4.79 Å². The molecule has 1 aromatic rings. The topological polar surface area (TPSA) is 61.6 Å². The Balaban J connectivity index is 2.18. The predicted octanol–water partition coefficient (Wildman–Crippen LogP) is 1.87. The van der Waals surface area contributed by atoms with Gasteiger partial charge >= 0.3 is 0 Å². The SMILES string of the molecule is CC(C)(SCC(N)=O)c1ccc2c(c1)OCO2. The van der Waals surface area contributed by atoms with Crippen LogP contribution < -0.4 is 15.2 Å². The standard InChI is InChI=1S/C12H15NO3S/c1-12(2,17-6-11(13)14)8-3-4-9-10(5-8)16-7-15-9/h3-5H,6-7H2,1-2H3,(H2,13,14). The smallest absolute Gasteiger partial charge is 0.231 e. The molecule has 0 saturated carbocycles. The number of nitrogens with two attached hydrogens (primary N) is 1. The van der Waals surface area contributed by atoms with Gasteiger partial charge in [-0.05, 0) is 31.5 Å². The lowest BCUT2D eigenvalue weighted by Crippen LogP contribution is -2.20. The number of thioether (sulfide) groups is 1. The van der Waals surface area contributed by atoms with E-state index in [4.69, 9.17) is 15.2 Å². The molecule has 1 heterocycles. The lowest BCUT2D eigenvalue weighted by Gasteiger charge is -2.24. The highest BCUT2D eigenvalue weighted by molar-refractivity contribution is 8.00. The molecule has 0 spiro atoms. The minimum atomic E-state index is -0.302. The predicted molar refractivity (Wildman–Crippen MR) is 67.2 cm³/mol. The molecule has 2 rings (SSSR count). The van der Waals surface area contributed by atoms with E-state index in [0.29, 0.717) is 5.75 Å². The number of hydrogen-bond acceptors (Lipinski definition) is 4. The summed E-state index contributed by atoms with van der Waals surface area (Å²) < 4.78 is 10.4. The third kappa shape index (κ3) is 2.66. The lowest BCUT2D eigenvalue weighted by atomic mass is 10.0. The second kappa shape index (κ2) is 4.49. The zero-order chi connectivity index (χ0) is 12.5. The van der Waals surface area contributed by atoms with Crippen LogP contribution in [0.2, 0.25) is 0 Å².